The fourth-order valence-electron chi connectivity index (χ4n) is 4.78. The van der Waals surface area contributed by atoms with Gasteiger partial charge in [0.25, 0.3) is 0 Å². The number of rotatable bonds is 1. The van der Waals surface area contributed by atoms with Gasteiger partial charge in [0, 0.05) is 24.2 Å². The highest BCUT2D eigenvalue weighted by Crippen LogP contribution is 2.66. The quantitative estimate of drug-likeness (QED) is 0.633. The molecule has 4 aliphatic rings. The Morgan fingerprint density at radius 3 is 2.38 bits per heavy atom. The minimum absolute atomic E-state index is 0.00317. The van der Waals surface area contributed by atoms with E-state index in [-0.39, 0.29) is 28.8 Å². The van der Waals surface area contributed by atoms with Gasteiger partial charge < -0.3 is 4.74 Å². The molecule has 0 amide bonds. The van der Waals surface area contributed by atoms with Gasteiger partial charge in [0.2, 0.25) is 0 Å². The van der Waals surface area contributed by atoms with E-state index in [2.05, 4.69) is 0 Å². The van der Waals surface area contributed by atoms with Crippen LogP contribution in [0.2, 0.25) is 0 Å². The molecule has 1 aliphatic heterocycles. The smallest absolute Gasteiger partial charge is 0.309 e. The third-order valence-corrected chi connectivity index (χ3v) is 5.65. The summed E-state index contributed by atoms with van der Waals surface area (Å²) in [5.74, 6) is 0.854. The third-order valence-electron chi connectivity index (χ3n) is 5.65. The fourth-order valence-corrected chi connectivity index (χ4v) is 4.78. The lowest BCUT2D eigenvalue weighted by molar-refractivity contribution is -0.169. The molecule has 4 unspecified atom stereocenters. The van der Waals surface area contributed by atoms with Gasteiger partial charge in [0.15, 0.2) is 0 Å². The minimum Gasteiger partial charge on any atom is -0.458 e. The van der Waals surface area contributed by atoms with Crippen molar-refractivity contribution in [2.24, 2.45) is 17.3 Å². The van der Waals surface area contributed by atoms with Crippen LogP contribution < -0.4 is 0 Å². The van der Waals surface area contributed by atoms with Gasteiger partial charge in [-0.3, -0.25) is 9.59 Å². The molecule has 1 heterocycles. The zero-order valence-electron chi connectivity index (χ0n) is 9.33. The lowest BCUT2D eigenvalue weighted by Crippen LogP contribution is -2.45. The van der Waals surface area contributed by atoms with Crippen molar-refractivity contribution in [3.8, 4) is 0 Å². The lowest BCUT2D eigenvalue weighted by atomic mass is 9.68. The van der Waals surface area contributed by atoms with Gasteiger partial charge in [-0.2, -0.15) is 0 Å². The number of ether oxygens (including phenoxy) is 1. The first-order valence-corrected chi connectivity index (χ1v) is 6.40. The molecular formula is C13H16O3. The fraction of sp³-hybridized carbons (Fsp3) is 0.846. The summed E-state index contributed by atoms with van der Waals surface area (Å²) in [7, 11) is 0. The Balaban J connectivity index is 1.76. The predicted octanol–water partition coefficient (Wildman–Crippen LogP) is 1.84. The van der Waals surface area contributed by atoms with Crippen LogP contribution in [-0.2, 0) is 14.3 Å². The first-order chi connectivity index (χ1) is 7.64. The van der Waals surface area contributed by atoms with Crippen molar-refractivity contribution in [2.45, 2.75) is 50.5 Å². The molecule has 3 heteroatoms. The summed E-state index contributed by atoms with van der Waals surface area (Å²) < 4.78 is 5.71. The summed E-state index contributed by atoms with van der Waals surface area (Å²) in [6.07, 6.45) is 6.68. The zero-order valence-corrected chi connectivity index (χ0v) is 9.33. The highest BCUT2D eigenvalue weighted by atomic mass is 16.6. The molecule has 1 saturated heterocycles. The Kier molecular flexibility index (Phi) is 1.45. The molecule has 0 aromatic heterocycles. The van der Waals surface area contributed by atoms with E-state index in [1.54, 1.807) is 0 Å². The van der Waals surface area contributed by atoms with Gasteiger partial charge in [-0.05, 0) is 32.1 Å². The second-order valence-electron chi connectivity index (χ2n) is 6.22. The maximum absolute atomic E-state index is 11.8. The van der Waals surface area contributed by atoms with Crippen molar-refractivity contribution >= 4 is 11.8 Å². The Morgan fingerprint density at radius 2 is 1.88 bits per heavy atom. The number of carbonyl (C=O) groups excluding carboxylic acids is 2. The van der Waals surface area contributed by atoms with Crippen molar-refractivity contribution in [2.75, 3.05) is 0 Å². The second kappa shape index (κ2) is 2.52. The summed E-state index contributed by atoms with van der Waals surface area (Å²) in [6.45, 7) is 0. The highest BCUT2D eigenvalue weighted by molar-refractivity contribution is 5.86. The van der Waals surface area contributed by atoms with Crippen molar-refractivity contribution in [3.05, 3.63) is 0 Å². The molecule has 0 N–H and O–H groups in total. The number of hydrogen-bond donors (Lipinski definition) is 0. The number of hydrogen-bond acceptors (Lipinski definition) is 3. The first kappa shape index (κ1) is 9.20. The minimum atomic E-state index is -0.240. The van der Waals surface area contributed by atoms with Gasteiger partial charge in [-0.25, -0.2) is 0 Å². The van der Waals surface area contributed by atoms with Crippen molar-refractivity contribution in [3.63, 3.8) is 0 Å². The van der Waals surface area contributed by atoms with E-state index in [0.29, 0.717) is 12.2 Å². The van der Waals surface area contributed by atoms with Crippen LogP contribution >= 0.6 is 0 Å². The van der Waals surface area contributed by atoms with Crippen molar-refractivity contribution < 1.29 is 14.3 Å². The van der Waals surface area contributed by atoms with Crippen molar-refractivity contribution in [1.82, 2.24) is 0 Å². The summed E-state index contributed by atoms with van der Waals surface area (Å²) in [6, 6.07) is 0. The largest absolute Gasteiger partial charge is 0.458 e. The molecule has 0 spiro atoms. The normalized spacial score (nSPS) is 53.8. The van der Waals surface area contributed by atoms with Gasteiger partial charge in [0.1, 0.15) is 11.4 Å². The van der Waals surface area contributed by atoms with Crippen LogP contribution in [0.5, 0.6) is 0 Å². The molecule has 4 rings (SSSR count). The number of Topliss-reactive ketones (excluding diaryl/α,β-unsaturated/α-hetero) is 1. The van der Waals surface area contributed by atoms with E-state index >= 15 is 0 Å². The average molecular weight is 220 g/mol. The van der Waals surface area contributed by atoms with Crippen LogP contribution in [0.3, 0.4) is 0 Å². The number of ketones is 1. The van der Waals surface area contributed by atoms with E-state index in [4.69, 9.17) is 4.74 Å². The third kappa shape index (κ3) is 0.836. The molecule has 3 saturated carbocycles. The van der Waals surface area contributed by atoms with Crippen LogP contribution in [0.1, 0.15) is 44.9 Å². The van der Waals surface area contributed by atoms with Gasteiger partial charge >= 0.3 is 5.97 Å². The molecule has 4 fully saturated rings. The SMILES string of the molecule is O=C1CC2(C34CCC(C3)C(=O)O4)CCC1C2. The van der Waals surface area contributed by atoms with Gasteiger partial charge in [0.05, 0.1) is 5.92 Å². The maximum atomic E-state index is 11.8. The Labute approximate surface area is 94.5 Å². The molecule has 0 radical (unpaired) electrons. The monoisotopic (exact) mass is 220 g/mol. The zero-order chi connectivity index (χ0) is 11.0. The summed E-state index contributed by atoms with van der Waals surface area (Å²) in [5, 5.41) is 0. The van der Waals surface area contributed by atoms with E-state index in [1.807, 2.05) is 0 Å². The molecule has 3 nitrogen and oxygen atoms in total. The van der Waals surface area contributed by atoms with E-state index < -0.39 is 0 Å². The van der Waals surface area contributed by atoms with Crippen LogP contribution in [-0.4, -0.2) is 17.4 Å². The van der Waals surface area contributed by atoms with Crippen molar-refractivity contribution in [1.29, 1.82) is 0 Å². The summed E-state index contributed by atoms with van der Waals surface area (Å²) in [4.78, 5) is 23.5. The van der Waals surface area contributed by atoms with Gasteiger partial charge in [-0.1, -0.05) is 0 Å². The molecule has 0 aromatic carbocycles. The first-order valence-electron chi connectivity index (χ1n) is 6.40. The lowest BCUT2D eigenvalue weighted by Gasteiger charge is -2.42. The molecule has 4 bridgehead atoms. The maximum Gasteiger partial charge on any atom is 0.309 e. The Bertz CT molecular complexity index is 364. The molecule has 0 aromatic rings. The van der Waals surface area contributed by atoms with Crippen LogP contribution in [0.25, 0.3) is 0 Å². The molecule has 16 heavy (non-hydrogen) atoms. The highest BCUT2D eigenvalue weighted by Gasteiger charge is 2.68. The number of esters is 1. The molecule has 4 atom stereocenters. The summed E-state index contributed by atoms with van der Waals surface area (Å²) >= 11 is 0. The van der Waals surface area contributed by atoms with Gasteiger partial charge in [-0.15, -0.1) is 0 Å². The van der Waals surface area contributed by atoms with E-state index in [9.17, 15) is 9.59 Å². The van der Waals surface area contributed by atoms with E-state index in [1.165, 1.54) is 0 Å². The number of carbonyl (C=O) groups is 2. The van der Waals surface area contributed by atoms with Crippen LogP contribution in [0.15, 0.2) is 0 Å². The van der Waals surface area contributed by atoms with Crippen LogP contribution in [0.4, 0.5) is 0 Å². The summed E-state index contributed by atoms with van der Waals surface area (Å²) in [5.41, 5.74) is -0.203. The van der Waals surface area contributed by atoms with E-state index in [0.717, 1.165) is 38.5 Å². The molecule has 86 valence electrons. The predicted molar refractivity (Wildman–Crippen MR) is 55.6 cm³/mol. The second-order valence-corrected chi connectivity index (χ2v) is 6.22. The van der Waals surface area contributed by atoms with Crippen LogP contribution in [0, 0.1) is 17.3 Å². The molecular weight excluding hydrogens is 204 g/mol. The average Bonchev–Trinajstić information content (AvgIpc) is 2.92. The number of fused-ring (bicyclic) bond motifs is 5. The standard InChI is InChI=1S/C13H16O3/c14-10-7-12(3-1-8(10)5-12)13-4-2-9(6-13)11(15)16-13/h8-9H,1-7H2. The molecule has 3 aliphatic carbocycles. The Hall–Kier alpha value is -0.860. The topological polar surface area (TPSA) is 43.4 Å². The Morgan fingerprint density at radius 1 is 1.06 bits per heavy atom.